The van der Waals surface area contributed by atoms with Crippen LogP contribution in [0, 0.1) is 0 Å². The molecule has 1 aromatic carbocycles. The van der Waals surface area contributed by atoms with Crippen LogP contribution >= 0.6 is 0 Å². The van der Waals surface area contributed by atoms with Crippen LogP contribution in [0.3, 0.4) is 0 Å². The lowest BCUT2D eigenvalue weighted by Crippen LogP contribution is -2.38. The molecule has 0 aliphatic rings. The van der Waals surface area contributed by atoms with E-state index in [4.69, 9.17) is 4.74 Å². The molecule has 2 N–H and O–H groups in total. The fourth-order valence-electron chi connectivity index (χ4n) is 0.913. The Hall–Kier alpha value is -1.60. The monoisotopic (exact) mass is 244 g/mol. The van der Waals surface area contributed by atoms with Gasteiger partial charge in [-0.05, 0) is 5.56 Å². The van der Waals surface area contributed by atoms with Crippen LogP contribution in [0.5, 0.6) is 0 Å². The van der Waals surface area contributed by atoms with Crippen molar-refractivity contribution in [1.29, 1.82) is 0 Å². The molecule has 0 aliphatic carbocycles. The van der Waals surface area contributed by atoms with Crippen molar-refractivity contribution in [3.8, 4) is 0 Å². The van der Waals surface area contributed by atoms with Crippen molar-refractivity contribution >= 4 is 16.3 Å². The zero-order chi connectivity index (χ0) is 12.0. The molecule has 0 saturated heterocycles. The van der Waals surface area contributed by atoms with E-state index in [1.807, 2.05) is 10.8 Å². The summed E-state index contributed by atoms with van der Waals surface area (Å²) < 4.78 is 30.1. The van der Waals surface area contributed by atoms with Gasteiger partial charge < -0.3 is 4.74 Å². The van der Waals surface area contributed by atoms with Crippen molar-refractivity contribution in [2.75, 3.05) is 7.05 Å². The predicted molar refractivity (Wildman–Crippen MR) is 57.7 cm³/mol. The molecule has 0 unspecified atom stereocenters. The first-order chi connectivity index (χ1) is 7.53. The van der Waals surface area contributed by atoms with Crippen LogP contribution in [-0.2, 0) is 21.6 Å². The second-order valence-electron chi connectivity index (χ2n) is 2.87. The van der Waals surface area contributed by atoms with E-state index in [-0.39, 0.29) is 6.61 Å². The number of hydrogen-bond acceptors (Lipinski definition) is 4. The van der Waals surface area contributed by atoms with Gasteiger partial charge in [0.1, 0.15) is 6.61 Å². The Morgan fingerprint density at radius 3 is 2.50 bits per heavy atom. The lowest BCUT2D eigenvalue weighted by atomic mass is 10.2. The normalized spacial score (nSPS) is 10.8. The molecule has 6 nitrogen and oxygen atoms in total. The molecule has 1 rings (SSSR count). The van der Waals surface area contributed by atoms with Gasteiger partial charge in [0.2, 0.25) is 0 Å². The van der Waals surface area contributed by atoms with Gasteiger partial charge in [0, 0.05) is 7.05 Å². The highest BCUT2D eigenvalue weighted by Crippen LogP contribution is 2.00. The number of carbonyl (C=O) groups is 1. The molecule has 1 amide bonds. The quantitative estimate of drug-likeness (QED) is 0.801. The largest absolute Gasteiger partial charge is 0.444 e. The maximum absolute atomic E-state index is 11.0. The van der Waals surface area contributed by atoms with E-state index in [1.54, 1.807) is 29.0 Å². The molecule has 16 heavy (non-hydrogen) atoms. The Labute approximate surface area is 93.8 Å². The minimum Gasteiger partial charge on any atom is -0.444 e. The van der Waals surface area contributed by atoms with Crippen LogP contribution < -0.4 is 9.44 Å². The Morgan fingerprint density at radius 1 is 1.31 bits per heavy atom. The van der Waals surface area contributed by atoms with Crippen molar-refractivity contribution < 1.29 is 17.9 Å². The summed E-state index contributed by atoms with van der Waals surface area (Å²) in [6.45, 7) is 0.0197. The van der Waals surface area contributed by atoms with Crippen LogP contribution in [0.4, 0.5) is 4.79 Å². The first kappa shape index (κ1) is 12.5. The van der Waals surface area contributed by atoms with E-state index in [9.17, 15) is 13.2 Å². The van der Waals surface area contributed by atoms with E-state index in [0.29, 0.717) is 0 Å². The zero-order valence-electron chi connectivity index (χ0n) is 8.64. The first-order valence-electron chi connectivity index (χ1n) is 4.45. The van der Waals surface area contributed by atoms with Crippen LogP contribution in [-0.4, -0.2) is 21.6 Å². The standard InChI is InChI=1S/C9H12N2O4S/c1-10-16(13,14)11-9(12)15-7-8-5-3-2-4-6-8/h2-6,10H,7H2,1H3,(H,11,12). The molecule has 0 aromatic heterocycles. The fourth-order valence-corrected chi connectivity index (χ4v) is 1.29. The molecule has 1 aromatic rings. The minimum absolute atomic E-state index is 0.0197. The molecule has 0 atom stereocenters. The molecule has 7 heteroatoms. The maximum Gasteiger partial charge on any atom is 0.422 e. The third-order valence-corrected chi connectivity index (χ3v) is 2.67. The molecule has 88 valence electrons. The Morgan fingerprint density at radius 2 is 1.94 bits per heavy atom. The van der Waals surface area contributed by atoms with E-state index < -0.39 is 16.3 Å². The summed E-state index contributed by atoms with van der Waals surface area (Å²) in [6.07, 6.45) is -1.02. The molecule has 0 heterocycles. The smallest absolute Gasteiger partial charge is 0.422 e. The number of amides is 1. The molecular weight excluding hydrogens is 232 g/mol. The summed E-state index contributed by atoms with van der Waals surface area (Å²) in [6, 6.07) is 8.94. The van der Waals surface area contributed by atoms with Crippen LogP contribution in [0.25, 0.3) is 0 Å². The van der Waals surface area contributed by atoms with Crippen molar-refractivity contribution in [2.45, 2.75) is 6.61 Å². The van der Waals surface area contributed by atoms with E-state index in [1.165, 1.54) is 7.05 Å². The Balaban J connectivity index is 2.43. The van der Waals surface area contributed by atoms with E-state index >= 15 is 0 Å². The predicted octanol–water partition coefficient (Wildman–Crippen LogP) is 0.377. The lowest BCUT2D eigenvalue weighted by molar-refractivity contribution is 0.146. The summed E-state index contributed by atoms with van der Waals surface area (Å²) in [7, 11) is -2.61. The zero-order valence-corrected chi connectivity index (χ0v) is 9.45. The molecule has 0 radical (unpaired) electrons. The van der Waals surface area contributed by atoms with Crippen LogP contribution in [0.2, 0.25) is 0 Å². The Bertz CT molecular complexity index is 444. The summed E-state index contributed by atoms with van der Waals surface area (Å²) in [5.41, 5.74) is 0.777. The van der Waals surface area contributed by atoms with Gasteiger partial charge in [-0.15, -0.1) is 0 Å². The van der Waals surface area contributed by atoms with Gasteiger partial charge in [-0.25, -0.2) is 14.2 Å². The SMILES string of the molecule is CNS(=O)(=O)NC(=O)OCc1ccccc1. The fraction of sp³-hybridized carbons (Fsp3) is 0.222. The van der Waals surface area contributed by atoms with Gasteiger partial charge in [-0.2, -0.15) is 8.42 Å². The number of nitrogens with one attached hydrogen (secondary N) is 2. The first-order valence-corrected chi connectivity index (χ1v) is 5.94. The molecule has 0 saturated carbocycles. The third kappa shape index (κ3) is 4.28. The third-order valence-electron chi connectivity index (χ3n) is 1.70. The van der Waals surface area contributed by atoms with Gasteiger partial charge in [-0.3, -0.25) is 0 Å². The lowest BCUT2D eigenvalue weighted by Gasteiger charge is -2.06. The van der Waals surface area contributed by atoms with E-state index in [2.05, 4.69) is 0 Å². The molecule has 0 spiro atoms. The summed E-state index contributed by atoms with van der Waals surface area (Å²) in [5.74, 6) is 0. The average molecular weight is 244 g/mol. The van der Waals surface area contributed by atoms with Crippen molar-refractivity contribution in [3.63, 3.8) is 0 Å². The number of ether oxygens (including phenoxy) is 1. The highest BCUT2D eigenvalue weighted by molar-refractivity contribution is 7.88. The van der Waals surface area contributed by atoms with Gasteiger partial charge in [-0.1, -0.05) is 30.3 Å². The molecule has 0 fully saturated rings. The molecule has 0 bridgehead atoms. The number of benzene rings is 1. The second kappa shape index (κ2) is 5.47. The minimum atomic E-state index is -3.80. The topological polar surface area (TPSA) is 84.5 Å². The summed E-state index contributed by atoms with van der Waals surface area (Å²) >= 11 is 0. The maximum atomic E-state index is 11.0. The van der Waals surface area contributed by atoms with Crippen molar-refractivity contribution in [3.05, 3.63) is 35.9 Å². The molecular formula is C9H12N2O4S. The van der Waals surface area contributed by atoms with Gasteiger partial charge in [0.15, 0.2) is 0 Å². The highest BCUT2D eigenvalue weighted by Gasteiger charge is 2.12. The van der Waals surface area contributed by atoms with Crippen LogP contribution in [0.1, 0.15) is 5.56 Å². The summed E-state index contributed by atoms with van der Waals surface area (Å²) in [5, 5.41) is 0. The van der Waals surface area contributed by atoms with Gasteiger partial charge in [0.25, 0.3) is 0 Å². The number of carbonyl (C=O) groups excluding carboxylic acids is 1. The van der Waals surface area contributed by atoms with Crippen molar-refractivity contribution in [2.24, 2.45) is 0 Å². The van der Waals surface area contributed by atoms with Crippen LogP contribution in [0.15, 0.2) is 30.3 Å². The van der Waals surface area contributed by atoms with E-state index in [0.717, 1.165) is 5.56 Å². The summed E-state index contributed by atoms with van der Waals surface area (Å²) in [4.78, 5) is 11.0. The molecule has 0 aliphatic heterocycles. The number of hydrogen-bond donors (Lipinski definition) is 2. The highest BCUT2D eigenvalue weighted by atomic mass is 32.2. The van der Waals surface area contributed by atoms with Gasteiger partial charge >= 0.3 is 16.3 Å². The second-order valence-corrected chi connectivity index (χ2v) is 4.49. The average Bonchev–Trinajstić information content (AvgIpc) is 2.27. The Kier molecular flexibility index (Phi) is 4.27. The van der Waals surface area contributed by atoms with Gasteiger partial charge in [0.05, 0.1) is 0 Å². The number of rotatable bonds is 4. The van der Waals surface area contributed by atoms with Crippen molar-refractivity contribution in [1.82, 2.24) is 9.44 Å².